The molecule has 1 amide bonds. The lowest BCUT2D eigenvalue weighted by atomic mass is 10.3. The molecule has 22 heavy (non-hydrogen) atoms. The van der Waals surface area contributed by atoms with Gasteiger partial charge in [-0.2, -0.15) is 0 Å². The van der Waals surface area contributed by atoms with E-state index < -0.39 is 22.8 Å². The second kappa shape index (κ2) is 7.71. The SMILES string of the molecule is Cc1ncc([N+](=O)[O-])n1CCOC(=O)CCC(=O)NC(=N)N. The molecule has 11 heteroatoms. The zero-order chi connectivity index (χ0) is 16.7. The van der Waals surface area contributed by atoms with Crippen LogP contribution >= 0.6 is 0 Å². The Bertz CT molecular complexity index is 596. The van der Waals surface area contributed by atoms with Gasteiger partial charge in [-0.25, -0.2) is 9.55 Å². The van der Waals surface area contributed by atoms with Gasteiger partial charge in [-0.1, -0.05) is 0 Å². The minimum absolute atomic E-state index is 0.0782. The van der Waals surface area contributed by atoms with Crippen LogP contribution in [0.4, 0.5) is 5.82 Å². The molecule has 4 N–H and O–H groups in total. The fourth-order valence-electron chi connectivity index (χ4n) is 1.63. The molecular weight excluding hydrogens is 296 g/mol. The number of nitrogens with zero attached hydrogens (tertiary/aromatic N) is 3. The predicted octanol–water partition coefficient (Wildman–Crippen LogP) is -0.567. The highest BCUT2D eigenvalue weighted by molar-refractivity contribution is 5.95. The van der Waals surface area contributed by atoms with Gasteiger partial charge in [0.15, 0.2) is 11.8 Å². The summed E-state index contributed by atoms with van der Waals surface area (Å²) in [5.74, 6) is -1.44. The number of carbonyl (C=O) groups excluding carboxylic acids is 2. The maximum absolute atomic E-state index is 11.4. The molecule has 0 aliphatic carbocycles. The molecule has 1 rings (SSSR count). The summed E-state index contributed by atoms with van der Waals surface area (Å²) in [6.45, 7) is 1.61. The first-order chi connectivity index (χ1) is 10.3. The molecule has 1 aromatic heterocycles. The van der Waals surface area contributed by atoms with Crippen molar-refractivity contribution in [2.75, 3.05) is 6.61 Å². The van der Waals surface area contributed by atoms with Crippen molar-refractivity contribution in [2.45, 2.75) is 26.3 Å². The van der Waals surface area contributed by atoms with Crippen LogP contribution in [0.1, 0.15) is 18.7 Å². The topological polar surface area (TPSA) is 166 Å². The zero-order valence-electron chi connectivity index (χ0n) is 11.9. The largest absolute Gasteiger partial charge is 0.461 e. The fourth-order valence-corrected chi connectivity index (χ4v) is 1.63. The van der Waals surface area contributed by atoms with Crippen molar-refractivity contribution in [3.8, 4) is 0 Å². The Labute approximate surface area is 125 Å². The van der Waals surface area contributed by atoms with Crippen LogP contribution in [0.2, 0.25) is 0 Å². The van der Waals surface area contributed by atoms with Gasteiger partial charge in [0, 0.05) is 13.3 Å². The quantitative estimate of drug-likeness (QED) is 0.199. The van der Waals surface area contributed by atoms with E-state index in [-0.39, 0.29) is 31.8 Å². The highest BCUT2D eigenvalue weighted by Crippen LogP contribution is 2.13. The molecule has 0 bridgehead atoms. The van der Waals surface area contributed by atoms with Crippen LogP contribution in [0.5, 0.6) is 0 Å². The molecule has 0 radical (unpaired) electrons. The van der Waals surface area contributed by atoms with Gasteiger partial charge in [0.05, 0.1) is 6.42 Å². The number of hydrogen-bond acceptors (Lipinski definition) is 7. The smallest absolute Gasteiger partial charge is 0.342 e. The summed E-state index contributed by atoms with van der Waals surface area (Å²) in [6.07, 6.45) is 0.788. The third-order valence-corrected chi connectivity index (χ3v) is 2.63. The van der Waals surface area contributed by atoms with E-state index in [2.05, 4.69) is 4.98 Å². The third-order valence-electron chi connectivity index (χ3n) is 2.63. The number of aromatic nitrogens is 2. The van der Waals surface area contributed by atoms with Crippen molar-refractivity contribution in [1.82, 2.24) is 14.9 Å². The Morgan fingerprint density at radius 2 is 2.23 bits per heavy atom. The first-order valence-electron chi connectivity index (χ1n) is 6.27. The molecule has 0 spiro atoms. The monoisotopic (exact) mass is 312 g/mol. The molecule has 1 aromatic rings. The van der Waals surface area contributed by atoms with Gasteiger partial charge in [0.25, 0.3) is 0 Å². The molecule has 120 valence electrons. The predicted molar refractivity (Wildman–Crippen MR) is 73.9 cm³/mol. The van der Waals surface area contributed by atoms with Gasteiger partial charge >= 0.3 is 11.8 Å². The molecule has 0 saturated carbocycles. The molecule has 0 saturated heterocycles. The lowest BCUT2D eigenvalue weighted by molar-refractivity contribution is -0.392. The Hall–Kier alpha value is -2.98. The van der Waals surface area contributed by atoms with E-state index in [4.69, 9.17) is 15.9 Å². The van der Waals surface area contributed by atoms with E-state index >= 15 is 0 Å². The summed E-state index contributed by atoms with van der Waals surface area (Å²) < 4.78 is 6.20. The normalized spacial score (nSPS) is 10.0. The first-order valence-corrected chi connectivity index (χ1v) is 6.27. The number of amides is 1. The molecule has 0 aromatic carbocycles. The average Bonchev–Trinajstić information content (AvgIpc) is 2.77. The van der Waals surface area contributed by atoms with Crippen molar-refractivity contribution in [3.05, 3.63) is 22.1 Å². The number of esters is 1. The second-order valence-corrected chi connectivity index (χ2v) is 4.25. The summed E-state index contributed by atoms with van der Waals surface area (Å²) in [7, 11) is 0. The molecular formula is C11H16N6O5. The molecule has 1 heterocycles. The van der Waals surface area contributed by atoms with Crippen LogP contribution in [0, 0.1) is 22.4 Å². The highest BCUT2D eigenvalue weighted by atomic mass is 16.6. The van der Waals surface area contributed by atoms with E-state index in [9.17, 15) is 19.7 Å². The van der Waals surface area contributed by atoms with Crippen LogP contribution in [0.15, 0.2) is 6.20 Å². The van der Waals surface area contributed by atoms with E-state index in [1.807, 2.05) is 5.32 Å². The maximum Gasteiger partial charge on any atom is 0.342 e. The average molecular weight is 312 g/mol. The number of rotatable bonds is 7. The Kier molecular flexibility index (Phi) is 5.98. The van der Waals surface area contributed by atoms with Crippen molar-refractivity contribution in [3.63, 3.8) is 0 Å². The summed E-state index contributed by atoms with van der Waals surface area (Å²) in [4.78, 5) is 36.6. The lowest BCUT2D eigenvalue weighted by Gasteiger charge is -2.05. The van der Waals surface area contributed by atoms with E-state index in [0.29, 0.717) is 5.82 Å². The fraction of sp³-hybridized carbons (Fsp3) is 0.455. The number of aryl methyl sites for hydroxylation is 1. The molecule has 0 aliphatic heterocycles. The number of nitrogens with two attached hydrogens (primary N) is 1. The van der Waals surface area contributed by atoms with Crippen molar-refractivity contribution >= 4 is 23.7 Å². The van der Waals surface area contributed by atoms with Crippen molar-refractivity contribution in [2.24, 2.45) is 5.73 Å². The Morgan fingerprint density at radius 1 is 1.55 bits per heavy atom. The van der Waals surface area contributed by atoms with E-state index in [1.54, 1.807) is 6.92 Å². The van der Waals surface area contributed by atoms with Gasteiger partial charge in [0.2, 0.25) is 5.91 Å². The number of hydrogen-bond donors (Lipinski definition) is 3. The van der Waals surface area contributed by atoms with Crippen molar-refractivity contribution < 1.29 is 19.2 Å². The van der Waals surface area contributed by atoms with Gasteiger partial charge in [-0.15, -0.1) is 0 Å². The minimum Gasteiger partial charge on any atom is -0.461 e. The standard InChI is InChI=1S/C11H16N6O5/c1-7-14-6-9(17(20)21)16(7)4-5-22-10(19)3-2-8(18)15-11(12)13/h6H,2-5H2,1H3,(H4,12,13,15,18). The summed E-state index contributed by atoms with van der Waals surface area (Å²) >= 11 is 0. The van der Waals surface area contributed by atoms with E-state index in [1.165, 1.54) is 4.57 Å². The number of ether oxygens (including phenoxy) is 1. The second-order valence-electron chi connectivity index (χ2n) is 4.25. The van der Waals surface area contributed by atoms with Gasteiger partial charge in [-0.3, -0.25) is 20.3 Å². The number of nitro groups is 1. The minimum atomic E-state index is -0.626. The summed E-state index contributed by atoms with van der Waals surface area (Å²) in [5, 5.41) is 19.6. The maximum atomic E-state index is 11.4. The van der Waals surface area contributed by atoms with Gasteiger partial charge in [0.1, 0.15) is 19.3 Å². The molecule has 0 aliphatic rings. The Balaban J connectivity index is 2.37. The number of guanidine groups is 1. The van der Waals surface area contributed by atoms with Crippen LogP contribution in [-0.4, -0.2) is 38.9 Å². The number of imidazole rings is 1. The Morgan fingerprint density at radius 3 is 2.82 bits per heavy atom. The lowest BCUT2D eigenvalue weighted by Crippen LogP contribution is -2.35. The third kappa shape index (κ3) is 5.19. The first kappa shape index (κ1) is 17.1. The summed E-state index contributed by atoms with van der Waals surface area (Å²) in [5.41, 5.74) is 4.96. The van der Waals surface area contributed by atoms with Crippen LogP contribution in [0.3, 0.4) is 0 Å². The van der Waals surface area contributed by atoms with Crippen molar-refractivity contribution in [1.29, 1.82) is 5.41 Å². The van der Waals surface area contributed by atoms with Gasteiger partial charge in [-0.05, 0) is 4.92 Å². The molecule has 0 unspecified atom stereocenters. The van der Waals surface area contributed by atoms with Crippen LogP contribution in [-0.2, 0) is 20.9 Å². The molecule has 0 fully saturated rings. The number of nitrogens with one attached hydrogen (secondary N) is 2. The van der Waals surface area contributed by atoms with E-state index in [0.717, 1.165) is 6.20 Å². The summed E-state index contributed by atoms with van der Waals surface area (Å²) in [6, 6.07) is 0. The van der Waals surface area contributed by atoms with Gasteiger partial charge < -0.3 is 20.6 Å². The number of carbonyl (C=O) groups is 2. The zero-order valence-corrected chi connectivity index (χ0v) is 11.9. The highest BCUT2D eigenvalue weighted by Gasteiger charge is 2.17. The van der Waals surface area contributed by atoms with Crippen LogP contribution < -0.4 is 11.1 Å². The van der Waals surface area contributed by atoms with Crippen LogP contribution in [0.25, 0.3) is 0 Å². The molecule has 0 atom stereocenters. The molecule has 11 nitrogen and oxygen atoms in total.